The highest BCUT2D eigenvalue weighted by Crippen LogP contribution is 2.19. The molecule has 158 valence electrons. The highest BCUT2D eigenvalue weighted by Gasteiger charge is 2.07. The summed E-state index contributed by atoms with van der Waals surface area (Å²) in [6.07, 6.45) is 2.61. The predicted molar refractivity (Wildman–Crippen MR) is 110 cm³/mol. The van der Waals surface area contributed by atoms with Gasteiger partial charge in [-0.25, -0.2) is 15.0 Å². The molecular formula is C22H34O6. The smallest absolute Gasteiger partial charge is 0.165 e. The van der Waals surface area contributed by atoms with Crippen molar-refractivity contribution in [2.75, 3.05) is 6.61 Å². The molecule has 1 atom stereocenters. The third-order valence-electron chi connectivity index (χ3n) is 3.91. The van der Waals surface area contributed by atoms with Gasteiger partial charge in [-0.05, 0) is 42.0 Å². The fraction of sp³-hybridized carbons (Fsp3) is 0.455. The Kier molecular flexibility index (Phi) is 16.0. The van der Waals surface area contributed by atoms with Gasteiger partial charge >= 0.3 is 0 Å². The van der Waals surface area contributed by atoms with E-state index >= 15 is 0 Å². The zero-order chi connectivity index (χ0) is 21.2. The molecular weight excluding hydrogens is 360 g/mol. The van der Waals surface area contributed by atoms with Gasteiger partial charge in [0, 0.05) is 0 Å². The molecule has 6 nitrogen and oxygen atoms in total. The number of unbranched alkanes of at least 4 members (excludes halogenated alkanes) is 1. The maximum absolute atomic E-state index is 8.48. The number of rotatable bonds is 8. The summed E-state index contributed by atoms with van der Waals surface area (Å²) < 4.78 is 0. The maximum atomic E-state index is 8.48. The first-order chi connectivity index (χ1) is 13.5. The van der Waals surface area contributed by atoms with Crippen molar-refractivity contribution < 1.29 is 30.4 Å². The molecule has 1 unspecified atom stereocenters. The van der Waals surface area contributed by atoms with Crippen molar-refractivity contribution in [3.05, 3.63) is 65.7 Å². The number of benzene rings is 2. The van der Waals surface area contributed by atoms with Crippen molar-refractivity contribution in [1.29, 1.82) is 0 Å². The fourth-order valence-corrected chi connectivity index (χ4v) is 2.16. The van der Waals surface area contributed by atoms with Crippen LogP contribution in [0.5, 0.6) is 5.75 Å². The van der Waals surface area contributed by atoms with Crippen LogP contribution in [0, 0.1) is 0 Å². The van der Waals surface area contributed by atoms with Crippen LogP contribution in [0.4, 0.5) is 0 Å². The van der Waals surface area contributed by atoms with Crippen LogP contribution in [-0.4, -0.2) is 22.4 Å². The van der Waals surface area contributed by atoms with E-state index in [2.05, 4.69) is 28.5 Å². The normalized spacial score (nSPS) is 11.0. The molecule has 0 aromatic heterocycles. The zero-order valence-electron chi connectivity index (χ0n) is 17.2. The Labute approximate surface area is 168 Å². The highest BCUT2D eigenvalue weighted by molar-refractivity contribution is 5.28. The van der Waals surface area contributed by atoms with Gasteiger partial charge in [-0.1, -0.05) is 76.6 Å². The molecule has 2 aromatic rings. The Balaban J connectivity index is 0.000000411. The number of hydrogen-bond acceptors (Lipinski definition) is 6. The minimum absolute atomic E-state index is 0.184. The average Bonchev–Trinajstić information content (AvgIpc) is 2.75. The second-order valence-corrected chi connectivity index (χ2v) is 6.41. The van der Waals surface area contributed by atoms with Gasteiger partial charge in [0.25, 0.3) is 0 Å². The van der Waals surface area contributed by atoms with Crippen LogP contribution in [0.25, 0.3) is 0 Å². The number of hydrogen-bond donors (Lipinski definition) is 3. The molecule has 28 heavy (non-hydrogen) atoms. The van der Waals surface area contributed by atoms with Crippen LogP contribution in [0.1, 0.15) is 70.1 Å². The fourth-order valence-electron chi connectivity index (χ4n) is 2.16. The molecule has 0 fully saturated rings. The summed E-state index contributed by atoms with van der Waals surface area (Å²) in [5.41, 5.74) is 2.25. The lowest BCUT2D eigenvalue weighted by molar-refractivity contribution is -0.282. The van der Waals surface area contributed by atoms with Gasteiger partial charge in [-0.3, -0.25) is 10.5 Å². The molecule has 0 bridgehead atoms. The van der Waals surface area contributed by atoms with Crippen molar-refractivity contribution >= 4 is 0 Å². The summed E-state index contributed by atoms with van der Waals surface area (Å²) in [7, 11) is 0. The van der Waals surface area contributed by atoms with Crippen LogP contribution in [0.15, 0.2) is 54.6 Å². The van der Waals surface area contributed by atoms with Gasteiger partial charge in [0.15, 0.2) is 5.75 Å². The topological polar surface area (TPSA) is 88.4 Å². The summed E-state index contributed by atoms with van der Waals surface area (Å²) in [5.74, 6) is 0.997. The molecule has 2 rings (SSSR count). The molecule has 0 aliphatic carbocycles. The van der Waals surface area contributed by atoms with E-state index in [1.165, 1.54) is 5.56 Å². The summed E-state index contributed by atoms with van der Waals surface area (Å²) in [6.45, 7) is 8.72. The van der Waals surface area contributed by atoms with Crippen LogP contribution in [0.3, 0.4) is 0 Å². The molecule has 0 aliphatic heterocycles. The third-order valence-corrected chi connectivity index (χ3v) is 3.91. The lowest BCUT2D eigenvalue weighted by Crippen LogP contribution is -1.98. The molecule has 0 amide bonds. The Morgan fingerprint density at radius 2 is 1.43 bits per heavy atom. The lowest BCUT2D eigenvalue weighted by Gasteiger charge is -2.09. The molecule has 6 heteroatoms. The Morgan fingerprint density at radius 1 is 0.821 bits per heavy atom. The maximum Gasteiger partial charge on any atom is 0.165 e. The molecule has 3 N–H and O–H groups in total. The monoisotopic (exact) mass is 394 g/mol. The molecule has 0 radical (unpaired) electrons. The molecule has 0 spiro atoms. The molecule has 0 saturated heterocycles. The van der Waals surface area contributed by atoms with Gasteiger partial charge in [-0.15, -0.1) is 0 Å². The summed E-state index contributed by atoms with van der Waals surface area (Å²) in [4.78, 5) is 12.1. The summed E-state index contributed by atoms with van der Waals surface area (Å²) >= 11 is 0. The van der Waals surface area contributed by atoms with Gasteiger partial charge in [0.1, 0.15) is 6.10 Å². The minimum Gasteiger partial charge on any atom is -0.340 e. The van der Waals surface area contributed by atoms with Crippen LogP contribution >= 0.6 is 0 Å². The van der Waals surface area contributed by atoms with E-state index in [0.717, 1.165) is 24.8 Å². The van der Waals surface area contributed by atoms with Crippen molar-refractivity contribution in [1.82, 2.24) is 0 Å². The third kappa shape index (κ3) is 11.7. The van der Waals surface area contributed by atoms with E-state index in [0.29, 0.717) is 18.3 Å². The first kappa shape index (κ1) is 26.0. The SMILES string of the molecule is CC(C)c1ccc(OO)cc1.CCC(OO)c1ccccc1.CCCCOO. The summed E-state index contributed by atoms with van der Waals surface area (Å²) in [5, 5.41) is 24.4. The van der Waals surface area contributed by atoms with E-state index in [1.807, 2.05) is 56.3 Å². The molecule has 0 heterocycles. The van der Waals surface area contributed by atoms with E-state index in [4.69, 9.17) is 15.8 Å². The van der Waals surface area contributed by atoms with Gasteiger partial charge < -0.3 is 4.89 Å². The zero-order valence-corrected chi connectivity index (χ0v) is 17.2. The minimum atomic E-state index is -0.184. The van der Waals surface area contributed by atoms with Crippen molar-refractivity contribution in [2.24, 2.45) is 0 Å². The van der Waals surface area contributed by atoms with E-state index in [9.17, 15) is 0 Å². The second-order valence-electron chi connectivity index (χ2n) is 6.41. The first-order valence-corrected chi connectivity index (χ1v) is 9.56. The largest absolute Gasteiger partial charge is 0.340 e. The van der Waals surface area contributed by atoms with E-state index < -0.39 is 0 Å². The first-order valence-electron chi connectivity index (χ1n) is 9.56. The van der Waals surface area contributed by atoms with Gasteiger partial charge in [0.05, 0.1) is 6.61 Å². The Morgan fingerprint density at radius 3 is 1.79 bits per heavy atom. The predicted octanol–water partition coefficient (Wildman–Crippen LogP) is 6.57. The van der Waals surface area contributed by atoms with Gasteiger partial charge in [-0.2, -0.15) is 0 Å². The molecule has 0 aliphatic rings. The quantitative estimate of drug-likeness (QED) is 0.267. The Hall–Kier alpha value is -1.96. The van der Waals surface area contributed by atoms with Crippen molar-refractivity contribution in [3.63, 3.8) is 0 Å². The highest BCUT2D eigenvalue weighted by atomic mass is 17.1. The average molecular weight is 395 g/mol. The summed E-state index contributed by atoms with van der Waals surface area (Å²) in [6, 6.07) is 17.0. The second kappa shape index (κ2) is 17.2. The standard InChI is InChI=1S/2C9H12O2.C4H10O2/c1-7(2)8-3-5-9(11-10)6-4-8;1-2-9(11-10)8-6-4-3-5-7-8;1-2-3-4-6-5/h3-7,10H,1-2H3;3-7,9-10H,2H2,1H3;5H,2-4H2,1H3. The Bertz CT molecular complexity index is 563. The van der Waals surface area contributed by atoms with E-state index in [-0.39, 0.29) is 6.10 Å². The molecule has 0 saturated carbocycles. The van der Waals surface area contributed by atoms with Crippen molar-refractivity contribution in [3.8, 4) is 5.75 Å². The lowest BCUT2D eigenvalue weighted by atomic mass is 10.0. The van der Waals surface area contributed by atoms with Crippen LogP contribution < -0.4 is 4.89 Å². The molecule has 2 aromatic carbocycles. The van der Waals surface area contributed by atoms with Crippen LogP contribution in [-0.2, 0) is 9.78 Å². The van der Waals surface area contributed by atoms with E-state index in [1.54, 1.807) is 12.1 Å². The van der Waals surface area contributed by atoms with Gasteiger partial charge in [0.2, 0.25) is 0 Å². The van der Waals surface area contributed by atoms with Crippen molar-refractivity contribution in [2.45, 2.75) is 59.0 Å². The van der Waals surface area contributed by atoms with Crippen LogP contribution in [0.2, 0.25) is 0 Å².